The molecule has 2 N–H and O–H groups in total. The lowest BCUT2D eigenvalue weighted by molar-refractivity contribution is -0.143. The van der Waals surface area contributed by atoms with Crippen molar-refractivity contribution in [2.24, 2.45) is 11.8 Å². The van der Waals surface area contributed by atoms with E-state index in [2.05, 4.69) is 4.98 Å². The van der Waals surface area contributed by atoms with Gasteiger partial charge in [-0.1, -0.05) is 19.3 Å². The maximum absolute atomic E-state index is 11.6. The van der Waals surface area contributed by atoms with Crippen molar-refractivity contribution in [2.45, 2.75) is 58.4 Å². The molecule has 1 heterocycles. The number of aromatic nitrogens is 2. The Morgan fingerprint density at radius 1 is 1.30 bits per heavy atom. The fraction of sp³-hybridized carbons (Fsp3) is 0.647. The number of nitrogens with two attached hydrogens (primary N) is 1. The Bertz CT molecular complexity index is 505. The summed E-state index contributed by atoms with van der Waals surface area (Å²) in [6.07, 6.45) is 12.3. The van der Waals surface area contributed by atoms with Crippen LogP contribution in [-0.2, 0) is 20.9 Å². The first-order valence-electron chi connectivity index (χ1n) is 8.44. The van der Waals surface area contributed by atoms with Gasteiger partial charge in [0.1, 0.15) is 5.76 Å². The summed E-state index contributed by atoms with van der Waals surface area (Å²) in [6.45, 7) is 2.91. The number of ether oxygens (including phenoxy) is 1. The van der Waals surface area contributed by atoms with E-state index in [0.29, 0.717) is 31.9 Å². The highest BCUT2D eigenvalue weighted by Crippen LogP contribution is 2.33. The first kappa shape index (κ1) is 17.5. The van der Waals surface area contributed by atoms with Gasteiger partial charge in [0, 0.05) is 25.4 Å². The molecule has 2 rings (SSSR count). The van der Waals surface area contributed by atoms with Crippen molar-refractivity contribution >= 4 is 5.97 Å². The van der Waals surface area contributed by atoms with Crippen molar-refractivity contribution in [3.8, 4) is 0 Å². The normalized spacial score (nSPS) is 16.8. The van der Waals surface area contributed by atoms with Crippen LogP contribution in [0.3, 0.4) is 0 Å². The van der Waals surface area contributed by atoms with Crippen LogP contribution in [0, 0.1) is 5.92 Å². The topological polar surface area (TPSA) is 79.4 Å². The first-order valence-corrected chi connectivity index (χ1v) is 8.44. The van der Waals surface area contributed by atoms with Crippen LogP contribution in [0.2, 0.25) is 0 Å². The Hall–Kier alpha value is -1.82. The third-order valence-electron chi connectivity index (χ3n) is 4.37. The molecule has 0 amide bonds. The van der Waals surface area contributed by atoms with Crippen molar-refractivity contribution < 1.29 is 14.4 Å². The second kappa shape index (κ2) is 9.35. The molecule has 1 aromatic rings. The van der Waals surface area contributed by atoms with Crippen LogP contribution in [0.15, 0.2) is 30.1 Å². The summed E-state index contributed by atoms with van der Waals surface area (Å²) in [7, 11) is 0. The molecule has 1 aromatic heterocycles. The molecule has 128 valence electrons. The molecule has 6 heteroatoms. The summed E-state index contributed by atoms with van der Waals surface area (Å²) in [5.74, 6) is 6.51. The molecule has 1 aliphatic carbocycles. The zero-order valence-electron chi connectivity index (χ0n) is 13.9. The van der Waals surface area contributed by atoms with Crippen LogP contribution in [0.25, 0.3) is 0 Å². The Kier molecular flexibility index (Phi) is 7.13. The number of carbonyl (C=O) groups is 1. The number of nitrogens with zero attached hydrogens (tertiary/aromatic N) is 2. The molecule has 1 saturated carbocycles. The number of hydrogen-bond donors (Lipinski definition) is 1. The lowest BCUT2D eigenvalue weighted by atomic mass is 9.82. The van der Waals surface area contributed by atoms with Gasteiger partial charge in [-0.15, -0.1) is 0 Å². The smallest absolute Gasteiger partial charge is 0.306 e. The van der Waals surface area contributed by atoms with E-state index in [9.17, 15) is 4.79 Å². The van der Waals surface area contributed by atoms with Gasteiger partial charge in [-0.2, -0.15) is 5.90 Å². The largest absolute Gasteiger partial charge is 0.466 e. The van der Waals surface area contributed by atoms with E-state index in [1.165, 1.54) is 24.8 Å². The molecule has 0 aliphatic heterocycles. The third kappa shape index (κ3) is 5.39. The Balaban J connectivity index is 2.14. The van der Waals surface area contributed by atoms with Crippen molar-refractivity contribution in [2.75, 3.05) is 6.61 Å². The highest BCUT2D eigenvalue weighted by molar-refractivity contribution is 5.69. The minimum Gasteiger partial charge on any atom is -0.466 e. The monoisotopic (exact) mass is 321 g/mol. The summed E-state index contributed by atoms with van der Waals surface area (Å²) >= 11 is 0. The molecular formula is C17H27N3O3. The van der Waals surface area contributed by atoms with Crippen LogP contribution >= 0.6 is 0 Å². The Morgan fingerprint density at radius 2 is 2.09 bits per heavy atom. The maximum Gasteiger partial charge on any atom is 0.306 e. The summed E-state index contributed by atoms with van der Waals surface area (Å²) < 4.78 is 7.02. The minimum atomic E-state index is -0.215. The van der Waals surface area contributed by atoms with Gasteiger partial charge in [-0.3, -0.25) is 4.79 Å². The van der Waals surface area contributed by atoms with Crippen LogP contribution < -0.4 is 5.90 Å². The summed E-state index contributed by atoms with van der Waals surface area (Å²) in [5.41, 5.74) is 1.19. The van der Waals surface area contributed by atoms with Gasteiger partial charge < -0.3 is 14.1 Å². The second-order valence-corrected chi connectivity index (χ2v) is 5.94. The molecule has 0 radical (unpaired) electrons. The van der Waals surface area contributed by atoms with E-state index >= 15 is 0 Å². The molecule has 1 aliphatic rings. The van der Waals surface area contributed by atoms with Gasteiger partial charge in [0.25, 0.3) is 0 Å². The van der Waals surface area contributed by atoms with E-state index < -0.39 is 0 Å². The molecule has 0 atom stereocenters. The van der Waals surface area contributed by atoms with Gasteiger partial charge in [0.2, 0.25) is 0 Å². The molecule has 1 fully saturated rings. The zero-order chi connectivity index (χ0) is 16.5. The zero-order valence-corrected chi connectivity index (χ0v) is 13.9. The Labute approximate surface area is 137 Å². The quantitative estimate of drug-likeness (QED) is 0.452. The van der Waals surface area contributed by atoms with Gasteiger partial charge in [0.05, 0.1) is 19.4 Å². The van der Waals surface area contributed by atoms with Crippen molar-refractivity contribution in [3.05, 3.63) is 30.1 Å². The Morgan fingerprint density at radius 3 is 2.70 bits per heavy atom. The highest BCUT2D eigenvalue weighted by Gasteiger charge is 2.23. The fourth-order valence-electron chi connectivity index (χ4n) is 3.22. The predicted molar refractivity (Wildman–Crippen MR) is 87.0 cm³/mol. The number of rotatable bonds is 8. The van der Waals surface area contributed by atoms with Gasteiger partial charge >= 0.3 is 5.97 Å². The van der Waals surface area contributed by atoms with Gasteiger partial charge in [0.15, 0.2) is 0 Å². The van der Waals surface area contributed by atoms with Gasteiger partial charge in [-0.25, -0.2) is 4.98 Å². The standard InChI is InChI=1S/C17H27N3O3/c1-2-22-17(21)9-8-16(23-18)15(12-20-11-10-19-13-20)14-6-4-3-5-7-14/h10-11,13-14H,2-9,12,18H2,1H3. The van der Waals surface area contributed by atoms with Crippen LogP contribution in [0.1, 0.15) is 51.9 Å². The molecule has 0 aromatic carbocycles. The van der Waals surface area contributed by atoms with E-state index in [-0.39, 0.29) is 5.97 Å². The summed E-state index contributed by atoms with van der Waals surface area (Å²) in [6, 6.07) is 0. The number of esters is 1. The number of imidazole rings is 1. The van der Waals surface area contributed by atoms with Crippen molar-refractivity contribution in [1.82, 2.24) is 9.55 Å². The summed E-state index contributed by atoms with van der Waals surface area (Å²) in [4.78, 5) is 20.9. The SMILES string of the molecule is CCOC(=O)CCC(ON)=C(Cn1ccnc1)C1CCCCC1. The minimum absolute atomic E-state index is 0.215. The lowest BCUT2D eigenvalue weighted by Gasteiger charge is -2.26. The van der Waals surface area contributed by atoms with E-state index in [1.807, 2.05) is 10.8 Å². The maximum atomic E-state index is 11.6. The van der Waals surface area contributed by atoms with Crippen molar-refractivity contribution in [3.63, 3.8) is 0 Å². The molecule has 0 saturated heterocycles. The van der Waals surface area contributed by atoms with Crippen molar-refractivity contribution in [1.29, 1.82) is 0 Å². The average Bonchev–Trinajstić information content (AvgIpc) is 3.08. The predicted octanol–water partition coefficient (Wildman–Crippen LogP) is 2.95. The second-order valence-electron chi connectivity index (χ2n) is 5.94. The van der Waals surface area contributed by atoms with Crippen LogP contribution in [0.5, 0.6) is 0 Å². The van der Waals surface area contributed by atoms with E-state index in [4.69, 9.17) is 15.5 Å². The van der Waals surface area contributed by atoms with Gasteiger partial charge in [-0.05, 0) is 31.3 Å². The fourth-order valence-corrected chi connectivity index (χ4v) is 3.22. The van der Waals surface area contributed by atoms with Crippen LogP contribution in [-0.4, -0.2) is 22.1 Å². The van der Waals surface area contributed by atoms with E-state index in [0.717, 1.165) is 18.6 Å². The molecular weight excluding hydrogens is 294 g/mol. The summed E-state index contributed by atoms with van der Waals surface area (Å²) in [5, 5.41) is 0. The molecule has 0 spiro atoms. The van der Waals surface area contributed by atoms with Crippen LogP contribution in [0.4, 0.5) is 0 Å². The molecule has 6 nitrogen and oxygen atoms in total. The highest BCUT2D eigenvalue weighted by atomic mass is 16.6. The number of carbonyl (C=O) groups excluding carboxylic acids is 1. The van der Waals surface area contributed by atoms with E-state index in [1.54, 1.807) is 19.4 Å². The number of allylic oxidation sites excluding steroid dienone is 2. The molecule has 0 unspecified atom stereocenters. The molecule has 0 bridgehead atoms. The number of hydrogen-bond acceptors (Lipinski definition) is 5. The molecule has 23 heavy (non-hydrogen) atoms. The first-order chi connectivity index (χ1) is 11.2. The average molecular weight is 321 g/mol. The third-order valence-corrected chi connectivity index (χ3v) is 4.37. The lowest BCUT2D eigenvalue weighted by Crippen LogP contribution is -2.18.